The average molecular weight is 290 g/mol. The molecule has 1 unspecified atom stereocenters. The lowest BCUT2D eigenvalue weighted by Gasteiger charge is -2.10. The molecule has 0 amide bonds. The summed E-state index contributed by atoms with van der Waals surface area (Å²) in [7, 11) is -2.80. The first-order valence-electron chi connectivity index (χ1n) is 5.85. The second-order valence-electron chi connectivity index (χ2n) is 4.69. The Morgan fingerprint density at radius 2 is 2.22 bits per heavy atom. The van der Waals surface area contributed by atoms with Crippen LogP contribution in [0.5, 0.6) is 5.75 Å². The average Bonchev–Trinajstić information content (AvgIpc) is 2.63. The lowest BCUT2D eigenvalue weighted by molar-refractivity contribution is 0.475. The third kappa shape index (κ3) is 3.60. The molecule has 0 aromatic heterocycles. The molecule has 1 aliphatic heterocycles. The van der Waals surface area contributed by atoms with Crippen LogP contribution in [0.25, 0.3) is 0 Å². The van der Waals surface area contributed by atoms with Gasteiger partial charge in [0.2, 0.25) is 0 Å². The zero-order chi connectivity index (χ0) is 13.2. The molecule has 6 heteroatoms. The molecule has 18 heavy (non-hydrogen) atoms. The van der Waals surface area contributed by atoms with Gasteiger partial charge in [-0.3, -0.25) is 0 Å². The molecule has 2 rings (SSSR count). The van der Waals surface area contributed by atoms with E-state index in [9.17, 15) is 13.5 Å². The van der Waals surface area contributed by atoms with Crippen LogP contribution in [0.15, 0.2) is 18.2 Å². The van der Waals surface area contributed by atoms with Crippen molar-refractivity contribution >= 4 is 21.4 Å². The fourth-order valence-electron chi connectivity index (χ4n) is 2.11. The Morgan fingerprint density at radius 3 is 2.83 bits per heavy atom. The molecular weight excluding hydrogens is 274 g/mol. The number of rotatable bonds is 4. The van der Waals surface area contributed by atoms with E-state index in [-0.39, 0.29) is 17.4 Å². The van der Waals surface area contributed by atoms with Gasteiger partial charge in [-0.25, -0.2) is 8.42 Å². The highest BCUT2D eigenvalue weighted by Gasteiger charge is 2.27. The van der Waals surface area contributed by atoms with Crippen molar-refractivity contribution in [2.24, 2.45) is 5.92 Å². The van der Waals surface area contributed by atoms with E-state index in [1.807, 2.05) is 0 Å². The normalized spacial score (nSPS) is 22.2. The summed E-state index contributed by atoms with van der Waals surface area (Å²) in [4.78, 5) is 0. The highest BCUT2D eigenvalue weighted by atomic mass is 35.5. The molecule has 0 spiro atoms. The van der Waals surface area contributed by atoms with E-state index in [2.05, 4.69) is 5.32 Å². The van der Waals surface area contributed by atoms with E-state index in [4.69, 9.17) is 11.6 Å². The summed E-state index contributed by atoms with van der Waals surface area (Å²) in [5, 5.41) is 12.8. The Balaban J connectivity index is 1.80. The van der Waals surface area contributed by atoms with Crippen LogP contribution in [-0.2, 0) is 16.4 Å². The summed E-state index contributed by atoms with van der Waals surface area (Å²) in [6.07, 6.45) is 0.742. The number of benzene rings is 1. The van der Waals surface area contributed by atoms with Crippen molar-refractivity contribution in [3.05, 3.63) is 28.8 Å². The Bertz CT molecular complexity index is 530. The van der Waals surface area contributed by atoms with Gasteiger partial charge in [-0.1, -0.05) is 17.7 Å². The van der Waals surface area contributed by atoms with Gasteiger partial charge in [0.25, 0.3) is 0 Å². The van der Waals surface area contributed by atoms with Gasteiger partial charge >= 0.3 is 0 Å². The molecule has 1 aromatic rings. The topological polar surface area (TPSA) is 66.4 Å². The SMILES string of the molecule is O=S1(=O)CCC(CNCc2ccc(O)c(Cl)c2)C1. The number of hydrogen-bond donors (Lipinski definition) is 2. The van der Waals surface area contributed by atoms with Crippen LogP contribution in [0.1, 0.15) is 12.0 Å². The summed E-state index contributed by atoms with van der Waals surface area (Å²) in [6.45, 7) is 1.31. The smallest absolute Gasteiger partial charge is 0.150 e. The lowest BCUT2D eigenvalue weighted by Crippen LogP contribution is -2.23. The first-order valence-corrected chi connectivity index (χ1v) is 8.05. The predicted octanol–water partition coefficient (Wildman–Crippen LogP) is 1.57. The number of nitrogens with one attached hydrogen (secondary N) is 1. The first-order chi connectivity index (χ1) is 8.46. The fourth-order valence-corrected chi connectivity index (χ4v) is 4.18. The Kier molecular flexibility index (Phi) is 4.14. The van der Waals surface area contributed by atoms with Gasteiger partial charge < -0.3 is 10.4 Å². The molecule has 1 heterocycles. The van der Waals surface area contributed by atoms with Crippen LogP contribution in [-0.4, -0.2) is 31.6 Å². The van der Waals surface area contributed by atoms with Gasteiger partial charge in [-0.05, 0) is 36.6 Å². The molecule has 1 saturated heterocycles. The van der Waals surface area contributed by atoms with E-state index in [0.717, 1.165) is 12.0 Å². The van der Waals surface area contributed by atoms with Crippen molar-refractivity contribution in [1.82, 2.24) is 5.32 Å². The van der Waals surface area contributed by atoms with Gasteiger partial charge in [0.1, 0.15) is 5.75 Å². The minimum absolute atomic E-state index is 0.0716. The van der Waals surface area contributed by atoms with Crippen LogP contribution in [0.3, 0.4) is 0 Å². The Labute approximate surface area is 112 Å². The third-order valence-corrected chi connectivity index (χ3v) is 5.24. The van der Waals surface area contributed by atoms with E-state index in [1.165, 1.54) is 0 Å². The van der Waals surface area contributed by atoms with E-state index in [0.29, 0.717) is 23.9 Å². The predicted molar refractivity (Wildman–Crippen MR) is 71.6 cm³/mol. The summed E-state index contributed by atoms with van der Waals surface area (Å²) >= 11 is 5.80. The quantitative estimate of drug-likeness (QED) is 0.883. The standard InChI is InChI=1S/C12H16ClNO3S/c13-11-5-9(1-2-12(11)15)6-14-7-10-3-4-18(16,17)8-10/h1-2,5,10,14-15H,3-4,6-8H2. The van der Waals surface area contributed by atoms with Gasteiger partial charge in [-0.2, -0.15) is 0 Å². The highest BCUT2D eigenvalue weighted by molar-refractivity contribution is 7.91. The van der Waals surface area contributed by atoms with E-state index in [1.54, 1.807) is 18.2 Å². The zero-order valence-electron chi connectivity index (χ0n) is 9.89. The highest BCUT2D eigenvalue weighted by Crippen LogP contribution is 2.23. The number of phenolic OH excluding ortho intramolecular Hbond substituents is 1. The zero-order valence-corrected chi connectivity index (χ0v) is 11.5. The van der Waals surface area contributed by atoms with Crippen molar-refractivity contribution in [3.8, 4) is 5.75 Å². The van der Waals surface area contributed by atoms with E-state index < -0.39 is 9.84 Å². The summed E-state index contributed by atoms with van der Waals surface area (Å²) < 4.78 is 22.6. The van der Waals surface area contributed by atoms with E-state index >= 15 is 0 Å². The molecule has 1 aliphatic rings. The molecule has 2 N–H and O–H groups in total. The molecule has 4 nitrogen and oxygen atoms in total. The monoisotopic (exact) mass is 289 g/mol. The summed E-state index contributed by atoms with van der Waals surface area (Å²) in [5.74, 6) is 0.880. The Hall–Kier alpha value is -0.780. The number of halogens is 1. The van der Waals surface area contributed by atoms with Crippen molar-refractivity contribution in [2.75, 3.05) is 18.1 Å². The van der Waals surface area contributed by atoms with Crippen LogP contribution < -0.4 is 5.32 Å². The minimum Gasteiger partial charge on any atom is -0.506 e. The fraction of sp³-hybridized carbons (Fsp3) is 0.500. The molecule has 0 saturated carbocycles. The van der Waals surface area contributed by atoms with Gasteiger partial charge in [-0.15, -0.1) is 0 Å². The number of aromatic hydroxyl groups is 1. The van der Waals surface area contributed by atoms with Crippen LogP contribution >= 0.6 is 11.6 Å². The third-order valence-electron chi connectivity index (χ3n) is 3.10. The maximum absolute atomic E-state index is 11.3. The minimum atomic E-state index is -2.80. The number of sulfone groups is 1. The second-order valence-corrected chi connectivity index (χ2v) is 7.32. The number of hydrogen-bond acceptors (Lipinski definition) is 4. The lowest BCUT2D eigenvalue weighted by atomic mass is 10.1. The summed E-state index contributed by atoms with van der Waals surface area (Å²) in [5.41, 5.74) is 0.971. The van der Waals surface area contributed by atoms with Crippen molar-refractivity contribution in [1.29, 1.82) is 0 Å². The molecule has 1 atom stereocenters. The maximum atomic E-state index is 11.3. The Morgan fingerprint density at radius 1 is 1.44 bits per heavy atom. The second kappa shape index (κ2) is 5.47. The summed E-state index contributed by atoms with van der Waals surface area (Å²) in [6, 6.07) is 5.05. The molecule has 0 aliphatic carbocycles. The van der Waals surface area contributed by atoms with Gasteiger partial charge in [0, 0.05) is 6.54 Å². The van der Waals surface area contributed by atoms with Crippen molar-refractivity contribution in [3.63, 3.8) is 0 Å². The van der Waals surface area contributed by atoms with Crippen LogP contribution in [0, 0.1) is 5.92 Å². The molecule has 100 valence electrons. The first kappa shape index (κ1) is 13.6. The van der Waals surface area contributed by atoms with Crippen molar-refractivity contribution < 1.29 is 13.5 Å². The molecule has 1 aromatic carbocycles. The van der Waals surface area contributed by atoms with Gasteiger partial charge in [0.05, 0.1) is 16.5 Å². The molecule has 0 radical (unpaired) electrons. The molecular formula is C12H16ClNO3S. The van der Waals surface area contributed by atoms with Crippen LogP contribution in [0.2, 0.25) is 5.02 Å². The maximum Gasteiger partial charge on any atom is 0.150 e. The van der Waals surface area contributed by atoms with Gasteiger partial charge in [0.15, 0.2) is 9.84 Å². The molecule has 1 fully saturated rings. The largest absolute Gasteiger partial charge is 0.506 e. The molecule has 0 bridgehead atoms. The number of phenols is 1. The van der Waals surface area contributed by atoms with Crippen LogP contribution in [0.4, 0.5) is 0 Å². The van der Waals surface area contributed by atoms with Crippen molar-refractivity contribution in [2.45, 2.75) is 13.0 Å².